The summed E-state index contributed by atoms with van der Waals surface area (Å²) in [7, 11) is -8.18. The van der Waals surface area contributed by atoms with Crippen LogP contribution in [0, 0.1) is 5.92 Å². The third-order valence-electron chi connectivity index (χ3n) is 10.1. The van der Waals surface area contributed by atoms with E-state index in [2.05, 4.69) is 30.8 Å². The van der Waals surface area contributed by atoms with Crippen LogP contribution in [0.4, 0.5) is 0 Å². The fourth-order valence-electron chi connectivity index (χ4n) is 6.93. The average Bonchev–Trinajstić information content (AvgIpc) is 3.63. The smallest absolute Gasteiger partial charge is 0.243 e. The van der Waals surface area contributed by atoms with Crippen molar-refractivity contribution in [3.63, 3.8) is 0 Å². The Kier molecular flexibility index (Phi) is 16.0. The number of carbonyl (C=O) groups excluding carboxylic acids is 3. The molecule has 302 valence electrons. The van der Waals surface area contributed by atoms with Gasteiger partial charge in [0, 0.05) is 44.5 Å². The maximum Gasteiger partial charge on any atom is 0.243 e. The highest BCUT2D eigenvalue weighted by Crippen LogP contribution is 2.29. The van der Waals surface area contributed by atoms with Crippen LogP contribution in [0.1, 0.15) is 70.6 Å². The number of ether oxygens (including phenoxy) is 1. The molecule has 1 aromatic carbocycles. The first-order valence-corrected chi connectivity index (χ1v) is 22.2. The number of morpholine rings is 1. The van der Waals surface area contributed by atoms with Gasteiger partial charge in [0.2, 0.25) is 17.7 Å². The quantitative estimate of drug-likeness (QED) is 0.135. The Morgan fingerprint density at radius 2 is 1.67 bits per heavy atom. The molecule has 5 N–H and O–H groups in total. The lowest BCUT2D eigenvalue weighted by Crippen LogP contribution is -2.57. The van der Waals surface area contributed by atoms with Crippen molar-refractivity contribution in [3.05, 3.63) is 54.1 Å². The Hall–Kier alpha value is -3.38. The maximum absolute atomic E-state index is 14.1. The number of aromatic amines is 1. The van der Waals surface area contributed by atoms with E-state index in [0.717, 1.165) is 45.2 Å². The number of nitrogens with zero attached hydrogens (tertiary/aromatic N) is 2. The first kappa shape index (κ1) is 43.3. The molecule has 2 aliphatic rings. The van der Waals surface area contributed by atoms with Crippen molar-refractivity contribution in [1.29, 1.82) is 0 Å². The average molecular weight is 795 g/mol. The molecule has 0 bridgehead atoms. The number of aromatic nitrogens is 2. The van der Waals surface area contributed by atoms with Gasteiger partial charge in [-0.3, -0.25) is 19.3 Å². The lowest BCUT2D eigenvalue weighted by Gasteiger charge is -2.32. The summed E-state index contributed by atoms with van der Waals surface area (Å²) in [6.45, 7) is 8.03. The summed E-state index contributed by atoms with van der Waals surface area (Å²) in [5.74, 6) is -3.73. The predicted molar refractivity (Wildman–Crippen MR) is 205 cm³/mol. The van der Waals surface area contributed by atoms with Gasteiger partial charge in [0.25, 0.3) is 0 Å². The van der Waals surface area contributed by atoms with Gasteiger partial charge in [0.15, 0.2) is 19.7 Å². The highest BCUT2D eigenvalue weighted by Gasteiger charge is 2.43. The molecule has 2 heterocycles. The molecule has 0 spiro atoms. The van der Waals surface area contributed by atoms with Gasteiger partial charge in [-0.15, -0.1) is 0 Å². The molecule has 17 heteroatoms. The summed E-state index contributed by atoms with van der Waals surface area (Å²) in [4.78, 5) is 49.8. The number of H-pyrrole nitrogens is 1. The first-order chi connectivity index (χ1) is 25.5. The summed E-state index contributed by atoms with van der Waals surface area (Å²) >= 11 is 0. The van der Waals surface area contributed by atoms with E-state index in [1.54, 1.807) is 30.3 Å². The molecule has 4 atom stereocenters. The predicted octanol–water partition coefficient (Wildman–Crippen LogP) is 0.941. The second-order valence-electron chi connectivity index (χ2n) is 15.5. The SMILES string of the molecule is CC(C)(C)S(=O)(=O)[C@@H](Cc1ccccc1)C(=O)N[C@@H](Cc1cnc[nH]1)C(=O)N[C@@H](CC1CCCCC1)[C@@H](O)CS(=O)(=O)CC(=O)NCCN1CCOCC1. The molecule has 1 aliphatic carbocycles. The first-order valence-electron chi connectivity index (χ1n) is 18.8. The minimum atomic E-state index is -4.11. The Labute approximate surface area is 319 Å². The molecular formula is C37H58N6O9S2. The van der Waals surface area contributed by atoms with E-state index < -0.39 is 77.1 Å². The van der Waals surface area contributed by atoms with Crippen LogP contribution < -0.4 is 16.0 Å². The van der Waals surface area contributed by atoms with Gasteiger partial charge >= 0.3 is 0 Å². The third kappa shape index (κ3) is 13.4. The summed E-state index contributed by atoms with van der Waals surface area (Å²) in [5.41, 5.74) is 1.11. The van der Waals surface area contributed by atoms with E-state index in [1.165, 1.54) is 33.3 Å². The zero-order valence-corrected chi connectivity index (χ0v) is 33.3. The molecule has 0 radical (unpaired) electrons. The van der Waals surface area contributed by atoms with Crippen LogP contribution in [0.5, 0.6) is 0 Å². The van der Waals surface area contributed by atoms with Gasteiger partial charge in [-0.05, 0) is 45.1 Å². The van der Waals surface area contributed by atoms with E-state index in [9.17, 15) is 36.3 Å². The van der Waals surface area contributed by atoms with Crippen LogP contribution in [0.3, 0.4) is 0 Å². The lowest BCUT2D eigenvalue weighted by atomic mass is 9.83. The number of rotatable bonds is 19. The second-order valence-corrected chi connectivity index (χ2v) is 20.5. The largest absolute Gasteiger partial charge is 0.390 e. The normalized spacial score (nSPS) is 18.6. The number of amides is 3. The van der Waals surface area contributed by atoms with Crippen molar-refractivity contribution in [2.24, 2.45) is 5.92 Å². The maximum atomic E-state index is 14.1. The molecule has 1 aromatic heterocycles. The van der Waals surface area contributed by atoms with Gasteiger partial charge in [-0.2, -0.15) is 0 Å². The molecule has 15 nitrogen and oxygen atoms in total. The van der Waals surface area contributed by atoms with E-state index in [0.29, 0.717) is 31.0 Å². The summed E-state index contributed by atoms with van der Waals surface area (Å²) < 4.78 is 58.0. The zero-order valence-electron chi connectivity index (χ0n) is 31.7. The Morgan fingerprint density at radius 3 is 2.30 bits per heavy atom. The minimum Gasteiger partial charge on any atom is -0.390 e. The van der Waals surface area contributed by atoms with Gasteiger partial charge in [0.05, 0.1) is 42.2 Å². The van der Waals surface area contributed by atoms with Gasteiger partial charge in [-0.25, -0.2) is 21.8 Å². The number of sulfone groups is 2. The van der Waals surface area contributed by atoms with Crippen molar-refractivity contribution in [2.45, 2.75) is 100 Å². The van der Waals surface area contributed by atoms with Gasteiger partial charge in [0.1, 0.15) is 17.0 Å². The fourth-order valence-corrected chi connectivity index (χ4v) is 9.92. The zero-order chi connectivity index (χ0) is 39.4. The number of hydrogen-bond acceptors (Lipinski definition) is 11. The number of hydrogen-bond donors (Lipinski definition) is 5. The monoisotopic (exact) mass is 794 g/mol. The van der Waals surface area contributed by atoms with E-state index >= 15 is 0 Å². The summed E-state index contributed by atoms with van der Waals surface area (Å²) in [5, 5.41) is 18.0. The van der Waals surface area contributed by atoms with E-state index in [4.69, 9.17) is 4.74 Å². The highest BCUT2D eigenvalue weighted by molar-refractivity contribution is 7.94. The molecular weight excluding hydrogens is 737 g/mol. The van der Waals surface area contributed by atoms with Crippen molar-refractivity contribution in [1.82, 2.24) is 30.8 Å². The van der Waals surface area contributed by atoms with Crippen molar-refractivity contribution in [3.8, 4) is 0 Å². The second kappa shape index (κ2) is 20.0. The van der Waals surface area contributed by atoms with Crippen LogP contribution in [0.25, 0.3) is 0 Å². The van der Waals surface area contributed by atoms with Gasteiger partial charge in [-0.1, -0.05) is 62.4 Å². The molecule has 1 aliphatic heterocycles. The molecule has 1 saturated heterocycles. The molecule has 2 aromatic rings. The number of aliphatic hydroxyl groups excluding tert-OH is 1. The summed E-state index contributed by atoms with van der Waals surface area (Å²) in [6.07, 6.45) is 6.10. The number of carbonyl (C=O) groups is 3. The standard InChI is InChI=1S/C37H58N6O9S2/c1-37(2,3)54(50,51)33(21-28-12-8-5-9-13-28)36(47)42-31(22-29-23-38-26-40-29)35(46)41-30(20-27-10-6-4-7-11-27)32(44)24-53(48,49)25-34(45)39-14-15-43-16-18-52-19-17-43/h5,8-9,12-13,23,26-27,30-33,44H,4,6-7,10-11,14-22,24-25H2,1-3H3,(H,38,40)(H,39,45)(H,41,46)(H,42,47)/t30-,31-,32-,33-/m0/s1. The van der Waals surface area contributed by atoms with Crippen molar-refractivity contribution >= 4 is 37.4 Å². The van der Waals surface area contributed by atoms with Crippen LogP contribution in [0.15, 0.2) is 42.9 Å². The van der Waals surface area contributed by atoms with E-state index in [1.807, 2.05) is 0 Å². The van der Waals surface area contributed by atoms with Gasteiger partial charge < -0.3 is 30.8 Å². The van der Waals surface area contributed by atoms with Crippen LogP contribution in [-0.2, 0) is 51.6 Å². The topological polar surface area (TPSA) is 217 Å². The molecule has 1 saturated carbocycles. The number of aliphatic hydroxyl groups is 1. The molecule has 2 fully saturated rings. The lowest BCUT2D eigenvalue weighted by molar-refractivity contribution is -0.129. The molecule has 4 rings (SSSR count). The number of benzene rings is 1. The highest BCUT2D eigenvalue weighted by atomic mass is 32.2. The van der Waals surface area contributed by atoms with Crippen LogP contribution in [-0.4, -0.2) is 134 Å². The van der Waals surface area contributed by atoms with Crippen LogP contribution in [0.2, 0.25) is 0 Å². The fraction of sp³-hybridized carbons (Fsp3) is 0.676. The van der Waals surface area contributed by atoms with Crippen LogP contribution >= 0.6 is 0 Å². The molecule has 54 heavy (non-hydrogen) atoms. The molecule has 3 amide bonds. The van der Waals surface area contributed by atoms with Crippen molar-refractivity contribution in [2.75, 3.05) is 50.9 Å². The minimum absolute atomic E-state index is 0.0830. The Bertz CT molecular complexity index is 1710. The number of nitrogens with one attached hydrogen (secondary N) is 4. The molecule has 0 unspecified atom stereocenters. The number of imidazole rings is 1. The Balaban J connectivity index is 1.51. The van der Waals surface area contributed by atoms with Crippen molar-refractivity contribution < 1.29 is 41.1 Å². The third-order valence-corrected chi connectivity index (χ3v) is 14.5. The summed E-state index contributed by atoms with van der Waals surface area (Å²) in [6, 6.07) is 6.41. The Morgan fingerprint density at radius 1 is 0.981 bits per heavy atom. The van der Waals surface area contributed by atoms with E-state index in [-0.39, 0.29) is 31.7 Å².